The third kappa shape index (κ3) is 3.25. The number of hydrogen-bond acceptors (Lipinski definition) is 5. The van der Waals surface area contributed by atoms with Crippen molar-refractivity contribution in [2.75, 3.05) is 20.1 Å². The van der Waals surface area contributed by atoms with Gasteiger partial charge in [0.2, 0.25) is 0 Å². The number of nitrogens with one attached hydrogen (secondary N) is 1. The maximum absolute atomic E-state index is 14.6. The molecule has 3 heterocycles. The molecule has 5 aliphatic rings. The second-order valence-electron chi connectivity index (χ2n) is 9.92. The molecule has 1 fully saturated rings. The van der Waals surface area contributed by atoms with Gasteiger partial charge in [-0.2, -0.15) is 5.10 Å². The average Bonchev–Trinajstić information content (AvgIpc) is 3.11. The van der Waals surface area contributed by atoms with Crippen LogP contribution in [0.2, 0.25) is 0 Å². The van der Waals surface area contributed by atoms with Gasteiger partial charge < -0.3 is 10.0 Å². The molecule has 1 saturated carbocycles. The average molecular weight is 461 g/mol. The molecular weight excluding hydrogens is 431 g/mol. The predicted octanol–water partition coefficient (Wildman–Crippen LogP) is 3.97. The Labute approximate surface area is 198 Å². The first-order valence-corrected chi connectivity index (χ1v) is 12.1. The van der Waals surface area contributed by atoms with Gasteiger partial charge in [-0.05, 0) is 60.6 Å². The first-order valence-electron chi connectivity index (χ1n) is 12.1. The van der Waals surface area contributed by atoms with Crippen molar-refractivity contribution in [3.05, 3.63) is 69.8 Å². The molecular formula is C27H29FN4O2. The van der Waals surface area contributed by atoms with E-state index in [2.05, 4.69) is 41.5 Å². The van der Waals surface area contributed by atoms with Crippen molar-refractivity contribution in [1.82, 2.24) is 15.2 Å². The molecule has 0 spiro atoms. The molecule has 0 amide bonds. The number of aliphatic carboxylic acids is 1. The van der Waals surface area contributed by atoms with Crippen LogP contribution in [-0.2, 0) is 4.79 Å². The number of rotatable bonds is 4. The van der Waals surface area contributed by atoms with E-state index in [9.17, 15) is 14.3 Å². The molecule has 6 nitrogen and oxygen atoms in total. The molecule has 0 radical (unpaired) electrons. The van der Waals surface area contributed by atoms with Gasteiger partial charge in [0.1, 0.15) is 5.82 Å². The van der Waals surface area contributed by atoms with Gasteiger partial charge in [-0.1, -0.05) is 19.1 Å². The lowest BCUT2D eigenvalue weighted by Gasteiger charge is -2.43. The fourth-order valence-electron chi connectivity index (χ4n) is 6.13. The minimum atomic E-state index is -0.672. The van der Waals surface area contributed by atoms with E-state index in [-0.39, 0.29) is 17.8 Å². The highest BCUT2D eigenvalue weighted by atomic mass is 19.1. The number of likely N-dealkylation sites (N-methyl/N-ethyl adjacent to an activating group) is 1. The Balaban J connectivity index is 1.38. The summed E-state index contributed by atoms with van der Waals surface area (Å²) in [7, 11) is 2.10. The van der Waals surface area contributed by atoms with Gasteiger partial charge in [-0.15, -0.1) is 0 Å². The summed E-state index contributed by atoms with van der Waals surface area (Å²) in [5.74, 6) is -1.10. The molecule has 7 heteroatoms. The van der Waals surface area contributed by atoms with E-state index >= 15 is 0 Å². The summed E-state index contributed by atoms with van der Waals surface area (Å²) in [4.78, 5) is 15.9. The lowest BCUT2D eigenvalue weighted by Crippen LogP contribution is -2.48. The molecule has 176 valence electrons. The van der Waals surface area contributed by atoms with E-state index in [4.69, 9.17) is 5.10 Å². The van der Waals surface area contributed by atoms with Gasteiger partial charge in [-0.25, -0.2) is 4.39 Å². The molecule has 1 aromatic carbocycles. The Hall–Kier alpha value is -3.19. The van der Waals surface area contributed by atoms with Crippen LogP contribution in [0, 0.1) is 11.7 Å². The van der Waals surface area contributed by atoms with Crippen LogP contribution in [0.15, 0.2) is 52.4 Å². The molecule has 0 saturated heterocycles. The molecule has 1 aromatic rings. The van der Waals surface area contributed by atoms with Crippen molar-refractivity contribution in [2.45, 2.75) is 44.7 Å². The van der Waals surface area contributed by atoms with Crippen molar-refractivity contribution in [2.24, 2.45) is 11.0 Å². The van der Waals surface area contributed by atoms with Gasteiger partial charge >= 0.3 is 5.97 Å². The van der Waals surface area contributed by atoms with Gasteiger partial charge in [-0.3, -0.25) is 15.1 Å². The molecule has 1 atom stereocenters. The summed E-state index contributed by atoms with van der Waals surface area (Å²) >= 11 is 0. The third-order valence-corrected chi connectivity index (χ3v) is 8.04. The van der Waals surface area contributed by atoms with Crippen LogP contribution in [0.25, 0.3) is 11.6 Å². The lowest BCUT2D eigenvalue weighted by molar-refractivity contribution is -0.147. The Morgan fingerprint density at radius 1 is 1.29 bits per heavy atom. The van der Waals surface area contributed by atoms with Crippen LogP contribution in [0.5, 0.6) is 0 Å². The zero-order valence-corrected chi connectivity index (χ0v) is 19.5. The van der Waals surface area contributed by atoms with Gasteiger partial charge in [0.05, 0.1) is 23.4 Å². The Kier molecular flexibility index (Phi) is 4.99. The monoisotopic (exact) mass is 460 g/mol. The fraction of sp³-hybridized carbons (Fsp3) is 0.407. The van der Waals surface area contributed by atoms with E-state index in [1.54, 1.807) is 12.1 Å². The number of hydrogen-bond donors (Lipinski definition) is 2. The minimum absolute atomic E-state index is 0.190. The molecule has 6 rings (SSSR count). The molecule has 0 aromatic heterocycles. The highest BCUT2D eigenvalue weighted by molar-refractivity contribution is 6.20. The standard InChI is InChI=1S/C27H29FN4O2/c1-3-23-25(15-6-8-32(9-7-15)19-11-17(12-19)27(33)34)26-21(14-31(23)2)20-13-18(28)10-16-4-5-22(24(16)20)29-30-26/h4-6,10,13-14,17,19,23,30H,3,7-9,11-12H2,1-2H3,(H,33,34)/t17?,19?,23-/m0/s1. The van der Waals surface area contributed by atoms with Crippen molar-refractivity contribution in [3.8, 4) is 0 Å². The van der Waals surface area contributed by atoms with E-state index in [1.807, 2.05) is 12.2 Å². The summed E-state index contributed by atoms with van der Waals surface area (Å²) in [5.41, 5.74) is 11.4. The highest BCUT2D eigenvalue weighted by Crippen LogP contribution is 2.43. The van der Waals surface area contributed by atoms with Crippen LogP contribution in [0.3, 0.4) is 0 Å². The Morgan fingerprint density at radius 2 is 2.12 bits per heavy atom. The van der Waals surface area contributed by atoms with Crippen LogP contribution in [-0.4, -0.2) is 58.8 Å². The van der Waals surface area contributed by atoms with Gasteiger partial charge in [0, 0.05) is 49.1 Å². The van der Waals surface area contributed by atoms with E-state index in [1.165, 1.54) is 11.1 Å². The van der Waals surface area contributed by atoms with E-state index < -0.39 is 5.97 Å². The molecule has 34 heavy (non-hydrogen) atoms. The summed E-state index contributed by atoms with van der Waals surface area (Å²) in [6, 6.07) is 3.77. The SMILES string of the molecule is CC[C@H]1C(C2=CCN(C3CC(C(=O)O)C3)CC2)=C2NN=C3C=Cc4cc(F)cc(c43)C2=CN1C. The quantitative estimate of drug-likeness (QED) is 0.712. The number of nitrogens with zero attached hydrogens (tertiary/aromatic N) is 3. The molecule has 3 aliphatic heterocycles. The van der Waals surface area contributed by atoms with Crippen LogP contribution < -0.4 is 5.43 Å². The summed E-state index contributed by atoms with van der Waals surface area (Å²) < 4.78 is 14.6. The van der Waals surface area contributed by atoms with Crippen molar-refractivity contribution >= 4 is 23.3 Å². The maximum atomic E-state index is 14.6. The fourth-order valence-corrected chi connectivity index (χ4v) is 6.13. The number of benzene rings is 1. The maximum Gasteiger partial charge on any atom is 0.306 e. The number of halogens is 1. The van der Waals surface area contributed by atoms with Crippen molar-refractivity contribution in [1.29, 1.82) is 0 Å². The topological polar surface area (TPSA) is 68.2 Å². The first kappa shape index (κ1) is 21.4. The highest BCUT2D eigenvalue weighted by Gasteiger charge is 2.39. The first-order chi connectivity index (χ1) is 16.4. The zero-order chi connectivity index (χ0) is 23.6. The smallest absolute Gasteiger partial charge is 0.306 e. The molecule has 2 aliphatic carbocycles. The van der Waals surface area contributed by atoms with Gasteiger partial charge in [0.15, 0.2) is 0 Å². The number of carbonyl (C=O) groups is 1. The predicted molar refractivity (Wildman–Crippen MR) is 130 cm³/mol. The Bertz CT molecular complexity index is 1240. The number of carboxylic acid groups (broad SMARTS) is 1. The number of carboxylic acids is 1. The largest absolute Gasteiger partial charge is 0.481 e. The molecule has 0 unspecified atom stereocenters. The van der Waals surface area contributed by atoms with E-state index in [0.29, 0.717) is 6.04 Å². The summed E-state index contributed by atoms with van der Waals surface area (Å²) in [5, 5.41) is 13.9. The Morgan fingerprint density at radius 3 is 2.82 bits per heavy atom. The number of fused-ring (bicyclic) bond motifs is 2. The third-order valence-electron chi connectivity index (χ3n) is 8.04. The molecule has 0 bridgehead atoms. The second kappa shape index (κ2) is 7.94. The van der Waals surface area contributed by atoms with Crippen molar-refractivity contribution < 1.29 is 14.3 Å². The lowest BCUT2D eigenvalue weighted by atomic mass is 9.78. The van der Waals surface area contributed by atoms with E-state index in [0.717, 1.165) is 72.4 Å². The zero-order valence-electron chi connectivity index (χ0n) is 19.5. The summed E-state index contributed by atoms with van der Waals surface area (Å²) in [6.07, 6.45) is 11.6. The second-order valence-corrected chi connectivity index (χ2v) is 9.92. The van der Waals surface area contributed by atoms with Crippen LogP contribution >= 0.6 is 0 Å². The van der Waals surface area contributed by atoms with Crippen LogP contribution in [0.1, 0.15) is 49.3 Å². The number of allylic oxidation sites excluding steroid dienone is 2. The van der Waals surface area contributed by atoms with Gasteiger partial charge in [0.25, 0.3) is 0 Å². The normalized spacial score (nSPS) is 27.7. The molecule has 2 N–H and O–H groups in total. The minimum Gasteiger partial charge on any atom is -0.481 e. The summed E-state index contributed by atoms with van der Waals surface area (Å²) in [6.45, 7) is 3.94. The van der Waals surface area contributed by atoms with Crippen LogP contribution in [0.4, 0.5) is 4.39 Å². The van der Waals surface area contributed by atoms with Crippen molar-refractivity contribution in [3.63, 3.8) is 0 Å². The number of hydrazone groups is 1.